The fourth-order valence-corrected chi connectivity index (χ4v) is 4.02. The first-order valence-electron chi connectivity index (χ1n) is 12.7. The highest BCUT2D eigenvalue weighted by atomic mass is 16.6. The van der Waals surface area contributed by atoms with Crippen molar-refractivity contribution in [3.8, 4) is 22.3 Å². The fraction of sp³-hybridized carbons (Fsp3) is 0.212. The Balaban J connectivity index is 1.27. The molecule has 0 N–H and O–H groups in total. The van der Waals surface area contributed by atoms with Gasteiger partial charge in [-0.05, 0) is 77.4 Å². The highest BCUT2D eigenvalue weighted by Crippen LogP contribution is 2.22. The maximum atomic E-state index is 12.6. The Bertz CT molecular complexity index is 1320. The van der Waals surface area contributed by atoms with Gasteiger partial charge in [-0.2, -0.15) is 0 Å². The first-order chi connectivity index (χ1) is 18.0. The minimum Gasteiger partial charge on any atom is -0.458 e. The van der Waals surface area contributed by atoms with E-state index in [4.69, 9.17) is 9.47 Å². The van der Waals surface area contributed by atoms with Crippen LogP contribution < -0.4 is 0 Å². The van der Waals surface area contributed by atoms with Crippen molar-refractivity contribution in [3.05, 3.63) is 119 Å². The van der Waals surface area contributed by atoms with Crippen LogP contribution in [0.1, 0.15) is 52.6 Å². The molecule has 4 aromatic carbocycles. The molecule has 0 fully saturated rings. The summed E-state index contributed by atoms with van der Waals surface area (Å²) in [5.74, 6) is -0.899. The molecule has 4 nitrogen and oxygen atoms in total. The molecule has 0 amide bonds. The largest absolute Gasteiger partial charge is 0.458 e. The van der Waals surface area contributed by atoms with Crippen LogP contribution in [0.2, 0.25) is 0 Å². The number of ether oxygens (including phenoxy) is 2. The molecule has 1 atom stereocenters. The molecule has 0 saturated carbocycles. The maximum absolute atomic E-state index is 12.6. The highest BCUT2D eigenvalue weighted by molar-refractivity contribution is 5.91. The number of aryl methyl sites for hydroxylation is 2. The molecule has 4 aromatic rings. The SMILES string of the molecule is CCc1ccc(-c2ccc(C(=O)OCC(C)OC(=O)c3ccc(-c4ccc(CC)cc4)cc3)cc2)cc1. The molecule has 0 aliphatic heterocycles. The molecule has 4 heteroatoms. The van der Waals surface area contributed by atoms with Gasteiger partial charge in [-0.1, -0.05) is 86.6 Å². The van der Waals surface area contributed by atoms with Crippen LogP contribution >= 0.6 is 0 Å². The van der Waals surface area contributed by atoms with Gasteiger partial charge in [0.05, 0.1) is 11.1 Å². The minimum absolute atomic E-state index is 0.0212. The van der Waals surface area contributed by atoms with Gasteiger partial charge in [0.2, 0.25) is 0 Å². The van der Waals surface area contributed by atoms with Crippen molar-refractivity contribution in [2.45, 2.75) is 39.7 Å². The van der Waals surface area contributed by atoms with E-state index >= 15 is 0 Å². The van der Waals surface area contributed by atoms with E-state index in [0.29, 0.717) is 11.1 Å². The van der Waals surface area contributed by atoms with Crippen LogP contribution in [0.15, 0.2) is 97.1 Å². The lowest BCUT2D eigenvalue weighted by Gasteiger charge is -2.14. The smallest absolute Gasteiger partial charge is 0.338 e. The minimum atomic E-state index is -0.575. The van der Waals surface area contributed by atoms with Gasteiger partial charge in [0.25, 0.3) is 0 Å². The van der Waals surface area contributed by atoms with Crippen molar-refractivity contribution < 1.29 is 19.1 Å². The number of esters is 2. The molecule has 0 bridgehead atoms. The molecule has 0 aromatic heterocycles. The van der Waals surface area contributed by atoms with Gasteiger partial charge in [0, 0.05) is 0 Å². The first kappa shape index (κ1) is 25.9. The zero-order chi connectivity index (χ0) is 26.2. The van der Waals surface area contributed by atoms with Crippen LogP contribution in [0.3, 0.4) is 0 Å². The molecule has 0 heterocycles. The molecule has 37 heavy (non-hydrogen) atoms. The predicted molar refractivity (Wildman–Crippen MR) is 148 cm³/mol. The molecule has 0 saturated heterocycles. The summed E-state index contributed by atoms with van der Waals surface area (Å²) < 4.78 is 10.9. The Labute approximate surface area is 218 Å². The molecule has 0 radical (unpaired) electrons. The summed E-state index contributed by atoms with van der Waals surface area (Å²) in [6, 6.07) is 31.4. The topological polar surface area (TPSA) is 52.6 Å². The van der Waals surface area contributed by atoms with Gasteiger partial charge in [0.15, 0.2) is 0 Å². The zero-order valence-corrected chi connectivity index (χ0v) is 21.6. The van der Waals surface area contributed by atoms with E-state index in [9.17, 15) is 9.59 Å². The number of hydrogen-bond acceptors (Lipinski definition) is 4. The summed E-state index contributed by atoms with van der Waals surface area (Å²) in [6.45, 7) is 5.94. The van der Waals surface area contributed by atoms with E-state index in [0.717, 1.165) is 35.1 Å². The van der Waals surface area contributed by atoms with E-state index < -0.39 is 18.0 Å². The monoisotopic (exact) mass is 492 g/mol. The van der Waals surface area contributed by atoms with E-state index in [-0.39, 0.29) is 6.61 Å². The summed E-state index contributed by atoms with van der Waals surface area (Å²) >= 11 is 0. The normalized spacial score (nSPS) is 11.5. The summed E-state index contributed by atoms with van der Waals surface area (Å²) in [5, 5.41) is 0. The van der Waals surface area contributed by atoms with Crippen molar-refractivity contribution in [2.24, 2.45) is 0 Å². The van der Waals surface area contributed by atoms with Gasteiger partial charge < -0.3 is 9.47 Å². The quantitative estimate of drug-likeness (QED) is 0.226. The number of rotatable bonds is 9. The fourth-order valence-electron chi connectivity index (χ4n) is 4.02. The summed E-state index contributed by atoms with van der Waals surface area (Å²) in [7, 11) is 0. The summed E-state index contributed by atoms with van der Waals surface area (Å²) in [6.07, 6.45) is 1.42. The van der Waals surface area contributed by atoms with E-state index in [1.807, 2.05) is 24.3 Å². The van der Waals surface area contributed by atoms with Gasteiger partial charge in [0.1, 0.15) is 12.7 Å². The second kappa shape index (κ2) is 12.2. The van der Waals surface area contributed by atoms with Gasteiger partial charge in [-0.25, -0.2) is 9.59 Å². The third-order valence-electron chi connectivity index (χ3n) is 6.39. The molecular formula is C33H32O4. The van der Waals surface area contributed by atoms with Crippen LogP contribution in [0, 0.1) is 0 Å². The Kier molecular flexibility index (Phi) is 8.52. The number of carbonyl (C=O) groups excluding carboxylic acids is 2. The third-order valence-corrected chi connectivity index (χ3v) is 6.39. The number of hydrogen-bond donors (Lipinski definition) is 0. The van der Waals surface area contributed by atoms with Crippen molar-refractivity contribution in [2.75, 3.05) is 6.61 Å². The Hall–Kier alpha value is -4.18. The summed E-state index contributed by atoms with van der Waals surface area (Å²) in [5.41, 5.74) is 7.74. The molecule has 0 spiro atoms. The lowest BCUT2D eigenvalue weighted by Crippen LogP contribution is -2.22. The van der Waals surface area contributed by atoms with E-state index in [2.05, 4.69) is 62.4 Å². The average molecular weight is 493 g/mol. The second-order valence-electron chi connectivity index (χ2n) is 9.07. The van der Waals surface area contributed by atoms with E-state index in [1.54, 1.807) is 31.2 Å². The van der Waals surface area contributed by atoms with Crippen molar-refractivity contribution in [3.63, 3.8) is 0 Å². The number of benzene rings is 4. The molecule has 0 aliphatic rings. The van der Waals surface area contributed by atoms with Gasteiger partial charge >= 0.3 is 11.9 Å². The molecule has 4 rings (SSSR count). The lowest BCUT2D eigenvalue weighted by molar-refractivity contribution is 0.00448. The van der Waals surface area contributed by atoms with Crippen molar-refractivity contribution >= 4 is 11.9 Å². The van der Waals surface area contributed by atoms with Crippen LogP contribution in [-0.2, 0) is 22.3 Å². The summed E-state index contributed by atoms with van der Waals surface area (Å²) in [4.78, 5) is 25.0. The predicted octanol–water partition coefficient (Wildman–Crippen LogP) is 7.55. The van der Waals surface area contributed by atoms with E-state index in [1.165, 1.54) is 11.1 Å². The maximum Gasteiger partial charge on any atom is 0.338 e. The van der Waals surface area contributed by atoms with Crippen molar-refractivity contribution in [1.29, 1.82) is 0 Å². The first-order valence-corrected chi connectivity index (χ1v) is 12.7. The molecule has 1 unspecified atom stereocenters. The lowest BCUT2D eigenvalue weighted by atomic mass is 10.0. The van der Waals surface area contributed by atoms with Crippen molar-refractivity contribution in [1.82, 2.24) is 0 Å². The highest BCUT2D eigenvalue weighted by Gasteiger charge is 2.15. The van der Waals surface area contributed by atoms with Crippen LogP contribution in [0.5, 0.6) is 0 Å². The Morgan fingerprint density at radius 3 is 1.30 bits per heavy atom. The molecule has 0 aliphatic carbocycles. The Morgan fingerprint density at radius 2 is 0.919 bits per heavy atom. The van der Waals surface area contributed by atoms with Crippen LogP contribution in [-0.4, -0.2) is 24.6 Å². The standard InChI is InChI=1S/C33H32O4/c1-4-24-6-10-26(11-7-24)28-14-18-30(19-15-28)32(34)36-22-23(3)37-33(35)31-20-16-29(17-21-31)27-12-8-25(5-2)9-13-27/h6-21,23H,4-5,22H2,1-3H3. The van der Waals surface area contributed by atoms with Gasteiger partial charge in [-0.15, -0.1) is 0 Å². The molecular weight excluding hydrogens is 460 g/mol. The average Bonchev–Trinajstić information content (AvgIpc) is 2.96. The Morgan fingerprint density at radius 1 is 0.568 bits per heavy atom. The molecule has 188 valence electrons. The zero-order valence-electron chi connectivity index (χ0n) is 21.6. The number of carbonyl (C=O) groups is 2. The van der Waals surface area contributed by atoms with Crippen LogP contribution in [0.4, 0.5) is 0 Å². The second-order valence-corrected chi connectivity index (χ2v) is 9.07. The third kappa shape index (κ3) is 6.73. The van der Waals surface area contributed by atoms with Gasteiger partial charge in [-0.3, -0.25) is 0 Å². The van der Waals surface area contributed by atoms with Crippen LogP contribution in [0.25, 0.3) is 22.3 Å².